The highest BCUT2D eigenvalue weighted by molar-refractivity contribution is 5.99. The second kappa shape index (κ2) is 11.8. The Hall–Kier alpha value is -6.30. The minimum Gasteiger partial charge on any atom is -0.478 e. The Morgan fingerprint density at radius 3 is 1.50 bits per heavy atom. The monoisotopic (exact) mass is 565 g/mol. The molecule has 0 atom stereocenters. The Balaban J connectivity index is 0.000000192. The van der Waals surface area contributed by atoms with E-state index in [9.17, 15) is 14.7 Å². The quantitative estimate of drug-likeness (QED) is 0.211. The number of furan rings is 2. The molecule has 12 heteroatoms. The van der Waals surface area contributed by atoms with Crippen LogP contribution in [0.1, 0.15) is 22.1 Å². The van der Waals surface area contributed by atoms with Crippen LogP contribution in [-0.2, 0) is 0 Å². The summed E-state index contributed by atoms with van der Waals surface area (Å²) in [5, 5.41) is 9.32. The Morgan fingerprint density at radius 1 is 0.667 bits per heavy atom. The maximum absolute atomic E-state index is 11.6. The molecular weight excluding hydrogens is 538 g/mol. The van der Waals surface area contributed by atoms with Gasteiger partial charge in [-0.3, -0.25) is 4.79 Å². The first-order valence-electron chi connectivity index (χ1n) is 12.4. The predicted octanol–water partition coefficient (Wildman–Crippen LogP) is 5.01. The Bertz CT molecular complexity index is 1740. The molecule has 0 spiro atoms. The van der Waals surface area contributed by atoms with Gasteiger partial charge in [0.1, 0.15) is 28.5 Å². The number of nitrogens with zero attached hydrogens (tertiary/aromatic N) is 4. The number of hydrogen-bond donors (Lipinski definition) is 4. The molecule has 0 aliphatic heterocycles. The number of carbonyl (C=O) groups is 2. The first-order chi connectivity index (χ1) is 20.3. The summed E-state index contributed by atoms with van der Waals surface area (Å²) in [4.78, 5) is 38.7. The van der Waals surface area contributed by atoms with Crippen molar-refractivity contribution in [3.63, 3.8) is 0 Å². The third kappa shape index (κ3) is 5.97. The molecule has 42 heavy (non-hydrogen) atoms. The minimum atomic E-state index is -1.06. The van der Waals surface area contributed by atoms with Crippen molar-refractivity contribution in [1.82, 2.24) is 19.9 Å². The number of rotatable bonds is 6. The van der Waals surface area contributed by atoms with Crippen LogP contribution in [0.25, 0.3) is 45.6 Å². The molecule has 0 radical (unpaired) electrons. The molecule has 0 fully saturated rings. The summed E-state index contributed by atoms with van der Waals surface area (Å²) in [6.07, 6.45) is 3.01. The van der Waals surface area contributed by atoms with E-state index in [2.05, 4.69) is 19.9 Å². The topological polar surface area (TPSA) is 210 Å². The van der Waals surface area contributed by atoms with Crippen LogP contribution in [0.5, 0.6) is 0 Å². The molecule has 6 aromatic rings. The standard InChI is InChI=1S/C15H12N4O2.C15H11N3O3.H2/c16-14(20)10-8-12(11-6-7-18-15(17)19-11)21-13(10)9-4-2-1-3-5-9;16-15-17-7-6-11(18-15)12-8-10(14(19)20)13(21-12)9-4-2-1-3-5-9;/h1-8H,(H2,16,20)(H2,17,18,19);1-8H,(H,19,20)(H2,16,17,18);1H/i;;1+2. The van der Waals surface area contributed by atoms with E-state index in [1.54, 1.807) is 30.3 Å². The van der Waals surface area contributed by atoms with Gasteiger partial charge in [-0.1, -0.05) is 60.7 Å². The highest BCUT2D eigenvalue weighted by Crippen LogP contribution is 2.33. The van der Waals surface area contributed by atoms with E-state index in [4.69, 9.17) is 26.0 Å². The van der Waals surface area contributed by atoms with Crippen LogP contribution in [0.3, 0.4) is 0 Å². The fourth-order valence-corrected chi connectivity index (χ4v) is 4.01. The van der Waals surface area contributed by atoms with Gasteiger partial charge in [0.15, 0.2) is 11.5 Å². The number of amides is 1. The number of carboxylic acids is 1. The lowest BCUT2D eigenvalue weighted by molar-refractivity contribution is 0.0697. The van der Waals surface area contributed by atoms with Gasteiger partial charge < -0.3 is 31.1 Å². The van der Waals surface area contributed by atoms with Crippen LogP contribution >= 0.6 is 0 Å². The lowest BCUT2D eigenvalue weighted by atomic mass is 10.1. The van der Waals surface area contributed by atoms with Gasteiger partial charge in [-0.15, -0.1) is 0 Å². The molecule has 4 heterocycles. The van der Waals surface area contributed by atoms with Crippen LogP contribution in [0, 0.1) is 0 Å². The van der Waals surface area contributed by atoms with Gasteiger partial charge in [0, 0.05) is 31.0 Å². The summed E-state index contributed by atoms with van der Waals surface area (Å²) in [6, 6.07) is 24.5. The number of nitrogen functional groups attached to an aromatic ring is 2. The second-order valence-electron chi connectivity index (χ2n) is 8.71. The van der Waals surface area contributed by atoms with Crippen LogP contribution in [0.15, 0.2) is 106 Å². The van der Waals surface area contributed by atoms with Crippen molar-refractivity contribution in [3.05, 3.63) is 108 Å². The molecule has 0 unspecified atom stereocenters. The van der Waals surface area contributed by atoms with Crippen molar-refractivity contribution >= 4 is 23.8 Å². The SMILES string of the molecule is NC(=O)c1cc(-c2ccnc(N)n2)oc1-c1ccccc1.Nc1nccc(-c2cc(C(=O)O)c(-c3ccccc3)o2)n1.[3HH]. The van der Waals surface area contributed by atoms with Gasteiger partial charge in [-0.05, 0) is 18.2 Å². The second-order valence-corrected chi connectivity index (χ2v) is 8.71. The molecule has 12 nitrogen and oxygen atoms in total. The first-order valence-corrected chi connectivity index (χ1v) is 12.4. The number of carboxylic acid groups (broad SMARTS) is 1. The van der Waals surface area contributed by atoms with E-state index in [-0.39, 0.29) is 24.6 Å². The molecule has 6 rings (SSSR count). The lowest BCUT2D eigenvalue weighted by Gasteiger charge is -1.99. The smallest absolute Gasteiger partial charge is 0.339 e. The summed E-state index contributed by atoms with van der Waals surface area (Å²) >= 11 is 0. The zero-order valence-corrected chi connectivity index (χ0v) is 21.8. The third-order valence-corrected chi connectivity index (χ3v) is 5.89. The Labute approximate surface area is 240 Å². The Kier molecular flexibility index (Phi) is 7.69. The molecular formula is C30H25N7O5. The highest BCUT2D eigenvalue weighted by Gasteiger charge is 2.21. The number of nitrogens with two attached hydrogens (primary N) is 3. The van der Waals surface area contributed by atoms with Gasteiger partial charge in [-0.25, -0.2) is 24.7 Å². The summed E-state index contributed by atoms with van der Waals surface area (Å²) < 4.78 is 11.4. The highest BCUT2D eigenvalue weighted by atomic mass is 16.4. The van der Waals surface area contributed by atoms with Crippen molar-refractivity contribution in [1.29, 1.82) is 0 Å². The van der Waals surface area contributed by atoms with E-state index in [0.717, 1.165) is 5.56 Å². The maximum Gasteiger partial charge on any atom is 0.339 e. The average molecular weight is 566 g/mol. The number of benzene rings is 2. The summed E-state index contributed by atoms with van der Waals surface area (Å²) in [5.74, 6) is 0.0484. The zero-order valence-electron chi connectivity index (χ0n) is 21.8. The van der Waals surface area contributed by atoms with Gasteiger partial charge in [0.05, 0.1) is 5.56 Å². The number of primary amides is 1. The number of carbonyl (C=O) groups excluding carboxylic acids is 1. The van der Waals surface area contributed by atoms with Crippen molar-refractivity contribution in [2.75, 3.05) is 11.5 Å². The van der Waals surface area contributed by atoms with Crippen LogP contribution in [-0.4, -0.2) is 36.9 Å². The van der Waals surface area contributed by atoms with Crippen molar-refractivity contribution < 1.29 is 25.0 Å². The minimum absolute atomic E-state index is 0. The molecule has 2 aromatic carbocycles. The number of hydrogen-bond acceptors (Lipinski definition) is 10. The summed E-state index contributed by atoms with van der Waals surface area (Å²) in [6.45, 7) is 0. The van der Waals surface area contributed by atoms with Gasteiger partial charge in [-0.2, -0.15) is 0 Å². The average Bonchev–Trinajstić information content (AvgIpc) is 3.65. The lowest BCUT2D eigenvalue weighted by Crippen LogP contribution is -2.10. The van der Waals surface area contributed by atoms with Gasteiger partial charge in [0.2, 0.25) is 11.9 Å². The van der Waals surface area contributed by atoms with E-state index in [0.29, 0.717) is 39.8 Å². The van der Waals surface area contributed by atoms with Crippen LogP contribution in [0.4, 0.5) is 11.9 Å². The third-order valence-electron chi connectivity index (χ3n) is 5.89. The molecule has 0 aliphatic rings. The van der Waals surface area contributed by atoms with Crippen molar-refractivity contribution in [2.45, 2.75) is 0 Å². The van der Waals surface area contributed by atoms with Crippen molar-refractivity contribution in [2.24, 2.45) is 5.73 Å². The first kappa shape index (κ1) is 27.3. The van der Waals surface area contributed by atoms with Crippen LogP contribution in [0.2, 0.25) is 0 Å². The molecule has 210 valence electrons. The largest absolute Gasteiger partial charge is 0.478 e. The number of anilines is 2. The molecule has 0 saturated carbocycles. The predicted molar refractivity (Wildman–Crippen MR) is 157 cm³/mol. The van der Waals surface area contributed by atoms with Gasteiger partial charge >= 0.3 is 5.97 Å². The molecule has 1 amide bonds. The normalized spacial score (nSPS) is 10.5. The summed E-state index contributed by atoms with van der Waals surface area (Å²) in [5.41, 5.74) is 19.3. The van der Waals surface area contributed by atoms with Gasteiger partial charge in [0.25, 0.3) is 5.91 Å². The maximum atomic E-state index is 11.6. The molecule has 0 aliphatic carbocycles. The fraction of sp³-hybridized carbons (Fsp3) is 0. The van der Waals surface area contributed by atoms with Crippen molar-refractivity contribution in [3.8, 4) is 45.6 Å². The number of aromatic carboxylic acids is 1. The molecule has 0 bridgehead atoms. The molecule has 7 N–H and O–H groups in total. The number of aromatic nitrogens is 4. The fourth-order valence-electron chi connectivity index (χ4n) is 4.01. The van der Waals surface area contributed by atoms with E-state index < -0.39 is 11.9 Å². The van der Waals surface area contributed by atoms with E-state index in [1.807, 2.05) is 48.5 Å². The molecule has 4 aromatic heterocycles. The molecule has 0 saturated heterocycles. The van der Waals surface area contributed by atoms with Crippen LogP contribution < -0.4 is 17.2 Å². The zero-order chi connectivity index (χ0) is 29.6. The Morgan fingerprint density at radius 2 is 1.10 bits per heavy atom. The van der Waals surface area contributed by atoms with E-state index in [1.165, 1.54) is 18.5 Å². The van der Waals surface area contributed by atoms with E-state index >= 15 is 0 Å². The summed E-state index contributed by atoms with van der Waals surface area (Å²) in [7, 11) is 0.